The maximum absolute atomic E-state index is 13.0. The number of aliphatic hydroxyl groups is 1. The largest absolute Gasteiger partial charge is 0.389 e. The van der Waals surface area contributed by atoms with Crippen molar-refractivity contribution < 1.29 is 9.84 Å². The molecule has 0 bridgehead atoms. The Kier molecular flexibility index (Phi) is 7.69. The number of nitrogens with one attached hydrogen (secondary N) is 1. The number of aromatic amines is 1. The van der Waals surface area contributed by atoms with Gasteiger partial charge in [0.05, 0.1) is 31.2 Å². The van der Waals surface area contributed by atoms with Crippen LogP contribution in [0, 0.1) is 0 Å². The summed E-state index contributed by atoms with van der Waals surface area (Å²) in [5, 5.41) is 11.5. The number of fused-ring (bicyclic) bond motifs is 3. The van der Waals surface area contributed by atoms with Crippen molar-refractivity contribution in [3.63, 3.8) is 0 Å². The zero-order valence-electron chi connectivity index (χ0n) is 19.8. The molecule has 2 aromatic carbocycles. The molecule has 2 heterocycles. The van der Waals surface area contributed by atoms with Crippen LogP contribution in [0.1, 0.15) is 40.2 Å². The molecule has 182 valence electrons. The number of hydrogen-bond acceptors (Lipinski definition) is 6. The van der Waals surface area contributed by atoms with Crippen molar-refractivity contribution in [2.24, 2.45) is 0 Å². The number of benzene rings is 2. The molecule has 0 unspecified atom stereocenters. The molecule has 1 atom stereocenters. The van der Waals surface area contributed by atoms with Crippen LogP contribution in [0.25, 0.3) is 10.2 Å². The predicted molar refractivity (Wildman–Crippen MR) is 140 cm³/mol. The summed E-state index contributed by atoms with van der Waals surface area (Å²) in [6.07, 6.45) is 3.66. The van der Waals surface area contributed by atoms with Crippen molar-refractivity contribution >= 4 is 21.6 Å². The summed E-state index contributed by atoms with van der Waals surface area (Å²) in [5.41, 5.74) is 3.37. The van der Waals surface area contributed by atoms with Crippen molar-refractivity contribution in [3.8, 4) is 0 Å². The third kappa shape index (κ3) is 6.05. The molecule has 6 nitrogen and oxygen atoms in total. The van der Waals surface area contributed by atoms with Crippen molar-refractivity contribution in [2.75, 3.05) is 13.2 Å². The third-order valence-corrected chi connectivity index (χ3v) is 7.57. The average molecular weight is 490 g/mol. The van der Waals surface area contributed by atoms with Gasteiger partial charge in [-0.2, -0.15) is 0 Å². The molecule has 7 heteroatoms. The zero-order valence-corrected chi connectivity index (χ0v) is 20.6. The molecule has 0 saturated carbocycles. The number of H-pyrrole nitrogens is 1. The van der Waals surface area contributed by atoms with Gasteiger partial charge in [0.2, 0.25) is 0 Å². The lowest BCUT2D eigenvalue weighted by molar-refractivity contribution is 0.00673. The van der Waals surface area contributed by atoms with Gasteiger partial charge >= 0.3 is 0 Å². The molecule has 35 heavy (non-hydrogen) atoms. The fourth-order valence-corrected chi connectivity index (χ4v) is 6.04. The molecule has 1 aliphatic rings. The van der Waals surface area contributed by atoms with E-state index in [0.717, 1.165) is 40.6 Å². The second-order valence-electron chi connectivity index (χ2n) is 9.21. The average Bonchev–Trinajstić information content (AvgIpc) is 3.24. The van der Waals surface area contributed by atoms with Gasteiger partial charge in [-0.25, -0.2) is 4.98 Å². The molecule has 0 aliphatic heterocycles. The number of hydrogen-bond donors (Lipinski definition) is 2. The van der Waals surface area contributed by atoms with Crippen LogP contribution in [0.15, 0.2) is 65.5 Å². The summed E-state index contributed by atoms with van der Waals surface area (Å²) < 4.78 is 5.76. The quantitative estimate of drug-likeness (QED) is 0.344. The minimum atomic E-state index is -0.660. The molecule has 1 aliphatic carbocycles. The Labute approximate surface area is 209 Å². The molecule has 0 saturated heterocycles. The number of thiophene rings is 1. The van der Waals surface area contributed by atoms with Crippen LogP contribution in [-0.2, 0) is 37.3 Å². The number of rotatable bonds is 10. The van der Waals surface area contributed by atoms with E-state index in [0.29, 0.717) is 32.1 Å². The van der Waals surface area contributed by atoms with Gasteiger partial charge < -0.3 is 14.8 Å². The Morgan fingerprint density at radius 3 is 2.49 bits per heavy atom. The Hall–Kier alpha value is -2.84. The Morgan fingerprint density at radius 1 is 1.00 bits per heavy atom. The number of aliphatic hydroxyl groups excluding tert-OH is 1. The van der Waals surface area contributed by atoms with Crippen LogP contribution in [0.2, 0.25) is 0 Å². The Balaban J connectivity index is 1.30. The molecule has 4 aromatic rings. The van der Waals surface area contributed by atoms with Crippen molar-refractivity contribution in [1.82, 2.24) is 14.9 Å². The maximum Gasteiger partial charge on any atom is 0.259 e. The van der Waals surface area contributed by atoms with E-state index < -0.39 is 6.10 Å². The number of aromatic nitrogens is 2. The fourth-order valence-electron chi connectivity index (χ4n) is 4.76. The SMILES string of the molecule is O=c1[nH]c(CN(Cc2ccccc2)C[C@@H](O)COCc2ccccc2)nc2sc3c(c12)CCCC3. The topological polar surface area (TPSA) is 78.5 Å². The summed E-state index contributed by atoms with van der Waals surface area (Å²) in [5.74, 6) is 0.634. The highest BCUT2D eigenvalue weighted by atomic mass is 32.1. The first kappa shape index (κ1) is 23.9. The minimum Gasteiger partial charge on any atom is -0.389 e. The number of nitrogens with zero attached hydrogens (tertiary/aromatic N) is 2. The van der Waals surface area contributed by atoms with Crippen LogP contribution in [0.5, 0.6) is 0 Å². The van der Waals surface area contributed by atoms with Crippen LogP contribution in [-0.4, -0.2) is 39.2 Å². The Morgan fingerprint density at radius 2 is 1.71 bits per heavy atom. The van der Waals surface area contributed by atoms with Gasteiger partial charge in [0.15, 0.2) is 0 Å². The first-order valence-electron chi connectivity index (χ1n) is 12.2. The van der Waals surface area contributed by atoms with Gasteiger partial charge in [-0.3, -0.25) is 9.69 Å². The second-order valence-corrected chi connectivity index (χ2v) is 10.3. The van der Waals surface area contributed by atoms with E-state index in [1.54, 1.807) is 11.3 Å². The summed E-state index contributed by atoms with van der Waals surface area (Å²) in [4.78, 5) is 25.1. The van der Waals surface area contributed by atoms with Gasteiger partial charge in [0.25, 0.3) is 5.56 Å². The lowest BCUT2D eigenvalue weighted by Crippen LogP contribution is -2.35. The van der Waals surface area contributed by atoms with E-state index in [9.17, 15) is 9.90 Å². The van der Waals surface area contributed by atoms with E-state index in [2.05, 4.69) is 22.0 Å². The van der Waals surface area contributed by atoms with Crippen molar-refractivity contribution in [2.45, 2.75) is 51.5 Å². The summed E-state index contributed by atoms with van der Waals surface area (Å²) in [6.45, 7) is 2.19. The highest BCUT2D eigenvalue weighted by Crippen LogP contribution is 2.33. The van der Waals surface area contributed by atoms with Crippen molar-refractivity contribution in [1.29, 1.82) is 0 Å². The van der Waals surface area contributed by atoms with Gasteiger partial charge in [0, 0.05) is 18.0 Å². The van der Waals surface area contributed by atoms with Gasteiger partial charge in [-0.05, 0) is 42.4 Å². The van der Waals surface area contributed by atoms with Crippen LogP contribution in [0.4, 0.5) is 0 Å². The summed E-state index contributed by atoms with van der Waals surface area (Å²) in [7, 11) is 0. The monoisotopic (exact) mass is 489 g/mol. The van der Waals surface area contributed by atoms with Gasteiger partial charge in [-0.1, -0.05) is 60.7 Å². The third-order valence-electron chi connectivity index (χ3n) is 6.39. The van der Waals surface area contributed by atoms with E-state index >= 15 is 0 Å². The second kappa shape index (κ2) is 11.3. The van der Waals surface area contributed by atoms with E-state index in [1.807, 2.05) is 48.5 Å². The normalized spacial score (nSPS) is 14.3. The molecule has 0 amide bonds. The predicted octanol–water partition coefficient (Wildman–Crippen LogP) is 4.44. The molecular formula is C28H31N3O3S. The van der Waals surface area contributed by atoms with Crippen LogP contribution >= 0.6 is 11.3 Å². The van der Waals surface area contributed by atoms with E-state index in [-0.39, 0.29) is 12.2 Å². The fraction of sp³-hybridized carbons (Fsp3) is 0.357. The first-order valence-corrected chi connectivity index (χ1v) is 13.1. The number of ether oxygens (including phenoxy) is 1. The lowest BCUT2D eigenvalue weighted by Gasteiger charge is -2.25. The van der Waals surface area contributed by atoms with Gasteiger partial charge in [-0.15, -0.1) is 11.3 Å². The maximum atomic E-state index is 13.0. The molecule has 0 spiro atoms. The summed E-state index contributed by atoms with van der Waals surface area (Å²) in [6, 6.07) is 20.1. The molecule has 2 N–H and O–H groups in total. The summed E-state index contributed by atoms with van der Waals surface area (Å²) >= 11 is 1.66. The molecule has 2 aromatic heterocycles. The first-order chi connectivity index (χ1) is 17.2. The van der Waals surface area contributed by atoms with Crippen LogP contribution in [0.3, 0.4) is 0 Å². The zero-order chi connectivity index (χ0) is 24.0. The smallest absolute Gasteiger partial charge is 0.259 e. The molecule has 0 radical (unpaired) electrons. The molecule has 5 rings (SSSR count). The van der Waals surface area contributed by atoms with Crippen molar-refractivity contribution in [3.05, 3.63) is 98.4 Å². The lowest BCUT2D eigenvalue weighted by atomic mass is 9.97. The minimum absolute atomic E-state index is 0.0456. The highest BCUT2D eigenvalue weighted by molar-refractivity contribution is 7.18. The number of aryl methyl sites for hydroxylation is 2. The Bertz CT molecular complexity index is 1300. The van der Waals surface area contributed by atoms with E-state index in [1.165, 1.54) is 16.9 Å². The molecular weight excluding hydrogens is 458 g/mol. The van der Waals surface area contributed by atoms with E-state index in [4.69, 9.17) is 9.72 Å². The molecule has 0 fully saturated rings. The van der Waals surface area contributed by atoms with Crippen LogP contribution < -0.4 is 5.56 Å². The highest BCUT2D eigenvalue weighted by Gasteiger charge is 2.21. The van der Waals surface area contributed by atoms with Gasteiger partial charge in [0.1, 0.15) is 10.7 Å². The standard InChI is InChI=1S/C28H31N3O3S/c32-22(19-34-18-21-11-5-2-6-12-21)16-31(15-20-9-3-1-4-10-20)17-25-29-27(33)26-23-13-7-8-14-24(23)35-28(26)30-25/h1-6,9-12,22,32H,7-8,13-19H2,(H,29,30,33)/t22-/m1/s1.